The number of aryl methyl sites for hydroxylation is 1. The lowest BCUT2D eigenvalue weighted by molar-refractivity contribution is 0.392. The number of hydrogen-bond acceptors (Lipinski definition) is 2. The molecule has 0 aromatic heterocycles. The highest BCUT2D eigenvalue weighted by Crippen LogP contribution is 2.04. The van der Waals surface area contributed by atoms with E-state index in [2.05, 4.69) is 41.8 Å². The topological polar surface area (TPSA) is 24.1 Å². The van der Waals surface area contributed by atoms with E-state index >= 15 is 0 Å². The largest absolute Gasteiger partial charge is 0.315 e. The second-order valence-electron chi connectivity index (χ2n) is 4.73. The minimum Gasteiger partial charge on any atom is -0.315 e. The van der Waals surface area contributed by atoms with Crippen molar-refractivity contribution >= 4 is 0 Å². The van der Waals surface area contributed by atoms with Gasteiger partial charge in [-0.3, -0.25) is 0 Å². The SMILES string of the molecule is Cc1ccc(CCNC2CCCNC2)cc1. The Morgan fingerprint density at radius 3 is 2.81 bits per heavy atom. The maximum absolute atomic E-state index is 3.62. The number of hydrogen-bond donors (Lipinski definition) is 2. The van der Waals surface area contributed by atoms with Crippen molar-refractivity contribution in [1.82, 2.24) is 10.6 Å². The Hall–Kier alpha value is -0.860. The molecule has 0 bridgehead atoms. The molecule has 1 heterocycles. The highest BCUT2D eigenvalue weighted by atomic mass is 15.0. The third-order valence-corrected chi connectivity index (χ3v) is 3.26. The molecule has 0 amide bonds. The average Bonchev–Trinajstić information content (AvgIpc) is 2.33. The first kappa shape index (κ1) is 11.6. The summed E-state index contributed by atoms with van der Waals surface area (Å²) in [5, 5.41) is 7.05. The van der Waals surface area contributed by atoms with Gasteiger partial charge in [-0.25, -0.2) is 0 Å². The van der Waals surface area contributed by atoms with Gasteiger partial charge in [0.15, 0.2) is 0 Å². The van der Waals surface area contributed by atoms with Crippen molar-refractivity contribution in [2.75, 3.05) is 19.6 Å². The summed E-state index contributed by atoms with van der Waals surface area (Å²) in [6, 6.07) is 9.53. The fraction of sp³-hybridized carbons (Fsp3) is 0.571. The predicted molar refractivity (Wildman–Crippen MR) is 68.8 cm³/mol. The van der Waals surface area contributed by atoms with Crippen LogP contribution in [0.4, 0.5) is 0 Å². The van der Waals surface area contributed by atoms with Crippen LogP contribution in [-0.2, 0) is 6.42 Å². The van der Waals surface area contributed by atoms with E-state index in [1.807, 2.05) is 0 Å². The van der Waals surface area contributed by atoms with Crippen LogP contribution < -0.4 is 10.6 Å². The number of piperidine rings is 1. The molecule has 0 spiro atoms. The van der Waals surface area contributed by atoms with Gasteiger partial charge in [-0.2, -0.15) is 0 Å². The summed E-state index contributed by atoms with van der Waals surface area (Å²) in [5.74, 6) is 0. The standard InChI is InChI=1S/C14H22N2/c1-12-4-6-13(7-5-12)8-10-16-14-3-2-9-15-11-14/h4-7,14-16H,2-3,8-11H2,1H3. The molecule has 0 saturated carbocycles. The van der Waals surface area contributed by atoms with E-state index in [0.29, 0.717) is 6.04 Å². The molecule has 1 aliphatic rings. The van der Waals surface area contributed by atoms with E-state index in [0.717, 1.165) is 19.5 Å². The first-order valence-corrected chi connectivity index (χ1v) is 6.34. The van der Waals surface area contributed by atoms with E-state index in [4.69, 9.17) is 0 Å². The van der Waals surface area contributed by atoms with Crippen LogP contribution in [0.1, 0.15) is 24.0 Å². The van der Waals surface area contributed by atoms with Crippen molar-refractivity contribution < 1.29 is 0 Å². The van der Waals surface area contributed by atoms with Crippen molar-refractivity contribution in [3.8, 4) is 0 Å². The van der Waals surface area contributed by atoms with Gasteiger partial charge in [-0.05, 0) is 44.8 Å². The molecule has 1 aliphatic heterocycles. The third-order valence-electron chi connectivity index (χ3n) is 3.26. The summed E-state index contributed by atoms with van der Waals surface area (Å²) < 4.78 is 0. The van der Waals surface area contributed by atoms with Crippen molar-refractivity contribution in [3.05, 3.63) is 35.4 Å². The van der Waals surface area contributed by atoms with Crippen molar-refractivity contribution in [3.63, 3.8) is 0 Å². The lowest BCUT2D eigenvalue weighted by Crippen LogP contribution is -2.43. The van der Waals surface area contributed by atoms with E-state index in [-0.39, 0.29) is 0 Å². The predicted octanol–water partition coefficient (Wildman–Crippen LogP) is 1.88. The zero-order chi connectivity index (χ0) is 11.2. The molecule has 1 aromatic rings. The highest BCUT2D eigenvalue weighted by Gasteiger charge is 2.10. The second kappa shape index (κ2) is 6.02. The van der Waals surface area contributed by atoms with Gasteiger partial charge in [-0.15, -0.1) is 0 Å². The Bertz CT molecular complexity index is 299. The maximum Gasteiger partial charge on any atom is 0.0193 e. The highest BCUT2D eigenvalue weighted by molar-refractivity contribution is 5.21. The molecule has 1 fully saturated rings. The summed E-state index contributed by atoms with van der Waals surface area (Å²) >= 11 is 0. The molecule has 2 N–H and O–H groups in total. The maximum atomic E-state index is 3.62. The van der Waals surface area contributed by atoms with Crippen LogP contribution in [0.3, 0.4) is 0 Å². The molecule has 1 aromatic carbocycles. The lowest BCUT2D eigenvalue weighted by Gasteiger charge is -2.23. The molecule has 1 unspecified atom stereocenters. The number of rotatable bonds is 4. The molecule has 16 heavy (non-hydrogen) atoms. The van der Waals surface area contributed by atoms with Gasteiger partial charge in [0.1, 0.15) is 0 Å². The molecule has 2 rings (SSSR count). The average molecular weight is 218 g/mol. The van der Waals surface area contributed by atoms with Gasteiger partial charge in [0.2, 0.25) is 0 Å². The first-order valence-electron chi connectivity index (χ1n) is 6.34. The summed E-state index contributed by atoms with van der Waals surface area (Å²) in [6.45, 7) is 5.55. The van der Waals surface area contributed by atoms with Gasteiger partial charge in [0.05, 0.1) is 0 Å². The lowest BCUT2D eigenvalue weighted by atomic mass is 10.1. The Morgan fingerprint density at radius 1 is 1.31 bits per heavy atom. The Balaban J connectivity index is 1.69. The second-order valence-corrected chi connectivity index (χ2v) is 4.73. The monoisotopic (exact) mass is 218 g/mol. The minimum atomic E-state index is 0.680. The van der Waals surface area contributed by atoms with Gasteiger partial charge >= 0.3 is 0 Å². The van der Waals surface area contributed by atoms with Crippen LogP contribution in [0.15, 0.2) is 24.3 Å². The fourth-order valence-electron chi connectivity index (χ4n) is 2.20. The normalized spacial score (nSPS) is 20.9. The molecule has 1 atom stereocenters. The van der Waals surface area contributed by atoms with Crippen LogP contribution >= 0.6 is 0 Å². The molecule has 88 valence electrons. The summed E-state index contributed by atoms with van der Waals surface area (Å²) in [6.07, 6.45) is 3.76. The number of nitrogens with one attached hydrogen (secondary N) is 2. The van der Waals surface area contributed by atoms with E-state index in [1.54, 1.807) is 0 Å². The van der Waals surface area contributed by atoms with Crippen molar-refractivity contribution in [2.24, 2.45) is 0 Å². The molecular formula is C14H22N2. The zero-order valence-electron chi connectivity index (χ0n) is 10.1. The van der Waals surface area contributed by atoms with Gasteiger partial charge < -0.3 is 10.6 Å². The van der Waals surface area contributed by atoms with Crippen molar-refractivity contribution in [2.45, 2.75) is 32.2 Å². The zero-order valence-corrected chi connectivity index (χ0v) is 10.1. The molecule has 0 aliphatic carbocycles. The Labute approximate surface area is 98.4 Å². The smallest absolute Gasteiger partial charge is 0.0193 e. The molecule has 0 radical (unpaired) electrons. The Morgan fingerprint density at radius 2 is 2.12 bits per heavy atom. The minimum absolute atomic E-state index is 0.680. The third kappa shape index (κ3) is 3.62. The van der Waals surface area contributed by atoms with Gasteiger partial charge in [0.25, 0.3) is 0 Å². The van der Waals surface area contributed by atoms with Gasteiger partial charge in [-0.1, -0.05) is 29.8 Å². The molecular weight excluding hydrogens is 196 g/mol. The van der Waals surface area contributed by atoms with Crippen molar-refractivity contribution in [1.29, 1.82) is 0 Å². The summed E-state index contributed by atoms with van der Waals surface area (Å²) in [7, 11) is 0. The molecule has 1 saturated heterocycles. The summed E-state index contributed by atoms with van der Waals surface area (Å²) in [5.41, 5.74) is 2.77. The van der Waals surface area contributed by atoms with Gasteiger partial charge in [0, 0.05) is 12.6 Å². The van der Waals surface area contributed by atoms with E-state index in [1.165, 1.54) is 30.5 Å². The first-order chi connectivity index (χ1) is 7.84. The quantitative estimate of drug-likeness (QED) is 0.806. The number of benzene rings is 1. The van der Waals surface area contributed by atoms with E-state index in [9.17, 15) is 0 Å². The summed E-state index contributed by atoms with van der Waals surface area (Å²) in [4.78, 5) is 0. The molecule has 2 nitrogen and oxygen atoms in total. The van der Waals surface area contributed by atoms with Crippen LogP contribution in [0, 0.1) is 6.92 Å². The van der Waals surface area contributed by atoms with Crippen LogP contribution in [-0.4, -0.2) is 25.7 Å². The Kier molecular flexibility index (Phi) is 4.37. The van der Waals surface area contributed by atoms with E-state index < -0.39 is 0 Å². The molecule has 2 heteroatoms. The van der Waals surface area contributed by atoms with Crippen LogP contribution in [0.25, 0.3) is 0 Å². The van der Waals surface area contributed by atoms with Crippen LogP contribution in [0.2, 0.25) is 0 Å². The fourth-order valence-corrected chi connectivity index (χ4v) is 2.20. The van der Waals surface area contributed by atoms with Crippen LogP contribution in [0.5, 0.6) is 0 Å².